The lowest BCUT2D eigenvalue weighted by atomic mass is 9.71. The van der Waals surface area contributed by atoms with Gasteiger partial charge in [-0.3, -0.25) is 29.3 Å². The molecule has 22 heteroatoms. The number of rotatable bonds is 8. The Balaban J connectivity index is 0.000000162. The zero-order valence-corrected chi connectivity index (χ0v) is 43.8. The first-order chi connectivity index (χ1) is 35.8. The molecule has 0 bridgehead atoms. The normalized spacial score (nSPS) is 21.0. The van der Waals surface area contributed by atoms with Crippen LogP contribution in [-0.2, 0) is 32.0 Å². The van der Waals surface area contributed by atoms with E-state index in [0.717, 1.165) is 40.5 Å². The minimum Gasteiger partial charge on any atom is -0.507 e. The Bertz CT molecular complexity index is 3380. The molecule has 2 aliphatic carbocycles. The molecule has 398 valence electrons. The zero-order chi connectivity index (χ0) is 53.6. The molecule has 0 spiro atoms. The maximum atomic E-state index is 13.3. The number of carbonyl (C=O) groups excluding carboxylic acids is 5. The van der Waals surface area contributed by atoms with Gasteiger partial charge in [-0.25, -0.2) is 9.98 Å². The fourth-order valence-electron chi connectivity index (χ4n) is 9.82. The van der Waals surface area contributed by atoms with E-state index in [1.165, 1.54) is 19.1 Å². The van der Waals surface area contributed by atoms with Crippen LogP contribution in [0.4, 0.5) is 11.4 Å². The van der Waals surface area contributed by atoms with Crippen LogP contribution < -0.4 is 22.1 Å². The van der Waals surface area contributed by atoms with Gasteiger partial charge in [-0.1, -0.05) is 77.8 Å². The number of amides is 2. The largest absolute Gasteiger partial charge is 0.507 e. The lowest BCUT2D eigenvalue weighted by molar-refractivity contribution is -0.238. The van der Waals surface area contributed by atoms with Crippen LogP contribution in [0, 0.1) is 0 Å². The van der Waals surface area contributed by atoms with Gasteiger partial charge in [0, 0.05) is 64.4 Å². The summed E-state index contributed by atoms with van der Waals surface area (Å²) in [5.74, 6) is -2.30. The summed E-state index contributed by atoms with van der Waals surface area (Å²) >= 11 is 12.0. The predicted molar refractivity (Wildman–Crippen MR) is 288 cm³/mol. The number of fused-ring (bicyclic) bond motifs is 7. The van der Waals surface area contributed by atoms with Crippen molar-refractivity contribution in [2.24, 2.45) is 10.7 Å². The number of guanidine groups is 1. The van der Waals surface area contributed by atoms with E-state index in [0.29, 0.717) is 52.4 Å². The van der Waals surface area contributed by atoms with E-state index >= 15 is 0 Å². The molecule has 0 saturated carbocycles. The summed E-state index contributed by atoms with van der Waals surface area (Å²) < 4.78 is 11.4. The number of nitrogens with one attached hydrogen (secondary N) is 2. The first-order valence-corrected chi connectivity index (χ1v) is 24.8. The summed E-state index contributed by atoms with van der Waals surface area (Å²) in [4.78, 5) is 75.7. The third kappa shape index (κ3) is 10.7. The van der Waals surface area contributed by atoms with E-state index < -0.39 is 59.0 Å². The van der Waals surface area contributed by atoms with Gasteiger partial charge in [0.1, 0.15) is 29.9 Å². The van der Waals surface area contributed by atoms with Gasteiger partial charge in [0.2, 0.25) is 11.9 Å². The molecule has 2 amide bonds. The van der Waals surface area contributed by atoms with Crippen molar-refractivity contribution in [3.63, 3.8) is 0 Å². The molecule has 0 unspecified atom stereocenters. The molecule has 1 aromatic heterocycles. The number of ketones is 3. The lowest BCUT2D eigenvalue weighted by Crippen LogP contribution is -2.53. The minimum absolute atomic E-state index is 0. The Morgan fingerprint density at radius 2 is 1.58 bits per heavy atom. The number of aliphatic hydroxyl groups is 2. The number of ether oxygens (including phenoxy) is 2. The van der Waals surface area contributed by atoms with E-state index in [4.69, 9.17) is 44.1 Å². The number of nitrogens with zero attached hydrogens (tertiary/aromatic N) is 4. The number of aromatic nitrogens is 1. The van der Waals surface area contributed by atoms with Crippen LogP contribution in [0.25, 0.3) is 21.8 Å². The van der Waals surface area contributed by atoms with Gasteiger partial charge in [-0.15, -0.1) is 12.4 Å². The Kier molecular flexibility index (Phi) is 16.4. The molecule has 19 nitrogen and oxygen atoms in total. The number of hydrogen-bond acceptors (Lipinski definition) is 17. The molecule has 76 heavy (non-hydrogen) atoms. The number of benzene rings is 5. The lowest BCUT2D eigenvalue weighted by Gasteiger charge is -2.41. The number of phenolic OH excluding ortho intramolecular Hbond substituents is 2. The molecule has 11 rings (SSSR count). The van der Waals surface area contributed by atoms with Crippen LogP contribution in [0.3, 0.4) is 0 Å². The number of aromatic hydroxyl groups is 2. The molecule has 0 radical (unpaired) electrons. The van der Waals surface area contributed by atoms with Gasteiger partial charge >= 0.3 is 0 Å². The van der Waals surface area contributed by atoms with Crippen LogP contribution in [0.5, 0.6) is 11.5 Å². The van der Waals surface area contributed by atoms with Crippen molar-refractivity contribution in [3.05, 3.63) is 133 Å². The first kappa shape index (κ1) is 55.5. The van der Waals surface area contributed by atoms with Gasteiger partial charge in [-0.2, -0.15) is 0 Å². The summed E-state index contributed by atoms with van der Waals surface area (Å²) in [6.07, 6.45) is -3.83. The Morgan fingerprint density at radius 1 is 0.908 bits per heavy atom. The van der Waals surface area contributed by atoms with Gasteiger partial charge < -0.3 is 56.5 Å². The summed E-state index contributed by atoms with van der Waals surface area (Å²) in [6, 6.07) is 22.9. The van der Waals surface area contributed by atoms with Gasteiger partial charge in [0.25, 0.3) is 5.91 Å². The molecule has 5 aromatic carbocycles. The SMILES string of the molecule is CC(=O)[C@]1(N)Cc2c(O)c3c(c(O)c2[C@@H](O[C@H]2C[C@H](O)[C@H](O)CO2)C1)C(=O)c1ccccc1C3=O.CN(C)CCCNC(=O)c1cccc2c(N)c3ccccc3nc12.Cl.O=C1CN2Cc3c(ccc(Cl)c3Cl)N=C2N1. The van der Waals surface area contributed by atoms with E-state index in [9.17, 15) is 44.4 Å². The number of hydrogen-bond donors (Lipinski definition) is 8. The number of halogens is 3. The molecule has 10 N–H and O–H groups in total. The van der Waals surface area contributed by atoms with Gasteiger partial charge in [0.05, 0.1) is 80.0 Å². The number of phenols is 2. The van der Waals surface area contributed by atoms with Crippen LogP contribution in [0.15, 0.2) is 83.9 Å². The highest BCUT2D eigenvalue weighted by Crippen LogP contribution is 2.51. The molecular weight excluding hydrogens is 1040 g/mol. The number of para-hydroxylation sites is 2. The number of aliphatic imine (C=N–C) groups is 1. The second-order valence-corrected chi connectivity index (χ2v) is 20.0. The molecule has 2 fully saturated rings. The second kappa shape index (κ2) is 22.4. The van der Waals surface area contributed by atoms with Crippen molar-refractivity contribution in [2.45, 2.75) is 69.3 Å². The molecule has 6 aromatic rings. The first-order valence-electron chi connectivity index (χ1n) is 24.1. The van der Waals surface area contributed by atoms with Gasteiger partial charge in [-0.05, 0) is 58.3 Å². The summed E-state index contributed by atoms with van der Waals surface area (Å²) in [7, 11) is 4.04. The zero-order valence-electron chi connectivity index (χ0n) is 41.4. The third-order valence-electron chi connectivity index (χ3n) is 13.9. The second-order valence-electron chi connectivity index (χ2n) is 19.3. The average molecular weight is 1100 g/mol. The van der Waals surface area contributed by atoms with Crippen LogP contribution in [-0.4, -0.2) is 135 Å². The van der Waals surface area contributed by atoms with Crippen LogP contribution in [0.2, 0.25) is 10.0 Å². The maximum absolute atomic E-state index is 13.3. The molecule has 3 aliphatic heterocycles. The predicted octanol–water partition coefficient (Wildman–Crippen LogP) is 5.63. The standard InChI is InChI=1S/C25H25NO9.C19H22N4O.C10H7Cl2N3O.ClH/c1-10(27)25(26)7-13-18(16(8-25)35-17-6-14(28)15(29)9-34-17)24(33)20-19(23(13)32)21(30)11-4-2-3-5-12(11)22(20)31;1-23(2)12-6-11-21-19(24)15-9-5-8-14-17(20)13-7-3-4-10-16(13)22-18(14)15;11-6-1-2-7-5(9(6)12)3-15-4-8(16)14-10(15)13-7;/h2-5,14-17,28-29,32-33H,6-9,26H2,1H3;3-5,7-10H,6,11-12H2,1-2H3,(H2,20,22)(H,21,24);1-2H,3-4H2,(H,13,14,16);1H/t14-,15+,16-,17-,25-;;;/m0.../s1. The Labute approximate surface area is 452 Å². The Hall–Kier alpha value is -6.78. The van der Waals surface area contributed by atoms with Crippen molar-refractivity contribution >= 4 is 104 Å². The van der Waals surface area contributed by atoms with Crippen molar-refractivity contribution in [3.8, 4) is 11.5 Å². The summed E-state index contributed by atoms with van der Waals surface area (Å²) in [6.45, 7) is 3.55. The topological polar surface area (TPSA) is 293 Å². The molecular formula is C54H55Cl3N8O11. The van der Waals surface area contributed by atoms with Crippen molar-refractivity contribution in [2.75, 3.05) is 46.1 Å². The number of aliphatic hydroxyl groups excluding tert-OH is 2. The number of Topliss-reactive ketones (excluding diaryl/α,β-unsaturated/α-hetero) is 1. The van der Waals surface area contributed by atoms with E-state index in [2.05, 4.69) is 25.5 Å². The maximum Gasteiger partial charge on any atom is 0.253 e. The Morgan fingerprint density at radius 3 is 2.26 bits per heavy atom. The molecule has 5 atom stereocenters. The molecule has 5 aliphatic rings. The van der Waals surface area contributed by atoms with Gasteiger partial charge in [0.15, 0.2) is 17.9 Å². The monoisotopic (exact) mass is 1100 g/mol. The fraction of sp³-hybridized carbons (Fsp3) is 0.315. The van der Waals surface area contributed by atoms with Crippen LogP contribution >= 0.6 is 35.6 Å². The number of anilines is 1. The van der Waals surface area contributed by atoms with E-state index in [1.807, 2.05) is 55.4 Å². The smallest absolute Gasteiger partial charge is 0.253 e. The fourth-order valence-corrected chi connectivity index (χ4v) is 10.2. The molecule has 2 saturated heterocycles. The highest BCUT2D eigenvalue weighted by molar-refractivity contribution is 6.42. The van der Waals surface area contributed by atoms with Crippen molar-refractivity contribution in [1.29, 1.82) is 0 Å². The summed E-state index contributed by atoms with van der Waals surface area (Å²) in [5, 5.41) is 50.7. The highest BCUT2D eigenvalue weighted by atomic mass is 35.5. The number of carbonyl (C=O) groups is 5. The average Bonchev–Trinajstić information content (AvgIpc) is 3.83. The van der Waals surface area contributed by atoms with E-state index in [1.54, 1.807) is 30.3 Å². The van der Waals surface area contributed by atoms with E-state index in [-0.39, 0.29) is 83.5 Å². The number of nitrogen functional groups attached to an aromatic ring is 1. The summed E-state index contributed by atoms with van der Waals surface area (Å²) in [5.41, 5.74) is 15.1. The van der Waals surface area contributed by atoms with Crippen LogP contribution in [0.1, 0.15) is 91.2 Å². The minimum atomic E-state index is -1.50. The van der Waals surface area contributed by atoms with Crippen molar-refractivity contribution < 1.29 is 53.9 Å². The number of nitrogens with two attached hydrogens (primary N) is 2. The highest BCUT2D eigenvalue weighted by Gasteiger charge is 2.48. The number of pyridine rings is 1. The molecule has 4 heterocycles. The quantitative estimate of drug-likeness (QED) is 0.0520. The third-order valence-corrected chi connectivity index (χ3v) is 14.7. The van der Waals surface area contributed by atoms with Crippen molar-refractivity contribution in [1.82, 2.24) is 25.4 Å².